The first kappa shape index (κ1) is 18.3. The standard InChI is InChI=1S/C17H13BrN6O3/c18-12-6-7-13(26-17(25)10-4-2-1-3-5-10)11(8-12)9-21-22-15(19)14-16(20)24-27-23-14/h1-9H,(H2,19,22)(H2,20,24). The number of hydrogen-bond donors (Lipinski definition) is 2. The molecule has 0 unspecified atom stereocenters. The van der Waals surface area contributed by atoms with Crippen LogP contribution in [0.3, 0.4) is 0 Å². The Morgan fingerprint density at radius 3 is 2.67 bits per heavy atom. The maximum absolute atomic E-state index is 12.3. The number of esters is 1. The summed E-state index contributed by atoms with van der Waals surface area (Å²) in [5, 5.41) is 14.6. The normalized spacial score (nSPS) is 11.7. The zero-order valence-corrected chi connectivity index (χ0v) is 15.3. The van der Waals surface area contributed by atoms with E-state index in [1.807, 2.05) is 6.07 Å². The molecule has 0 aliphatic carbocycles. The van der Waals surface area contributed by atoms with Gasteiger partial charge in [-0.1, -0.05) is 34.1 Å². The number of amidine groups is 1. The van der Waals surface area contributed by atoms with Crippen molar-refractivity contribution >= 4 is 39.8 Å². The lowest BCUT2D eigenvalue weighted by Gasteiger charge is -2.07. The van der Waals surface area contributed by atoms with Gasteiger partial charge in [0.25, 0.3) is 0 Å². The lowest BCUT2D eigenvalue weighted by molar-refractivity contribution is 0.0734. The monoisotopic (exact) mass is 428 g/mol. The molecule has 0 atom stereocenters. The number of aromatic nitrogens is 2. The predicted molar refractivity (Wildman–Crippen MR) is 103 cm³/mol. The lowest BCUT2D eigenvalue weighted by atomic mass is 10.2. The summed E-state index contributed by atoms with van der Waals surface area (Å²) in [6, 6.07) is 13.7. The molecule has 0 amide bonds. The number of benzene rings is 2. The maximum atomic E-state index is 12.3. The largest absolute Gasteiger partial charge is 0.422 e. The van der Waals surface area contributed by atoms with E-state index in [0.29, 0.717) is 16.9 Å². The van der Waals surface area contributed by atoms with Crippen LogP contribution in [0.4, 0.5) is 5.82 Å². The molecule has 2 aromatic carbocycles. The van der Waals surface area contributed by atoms with Crippen LogP contribution in [-0.2, 0) is 0 Å². The van der Waals surface area contributed by atoms with Crippen LogP contribution in [0.1, 0.15) is 21.6 Å². The van der Waals surface area contributed by atoms with E-state index in [1.54, 1.807) is 42.5 Å². The van der Waals surface area contributed by atoms with Gasteiger partial charge in [0.1, 0.15) is 5.75 Å². The van der Waals surface area contributed by atoms with Gasteiger partial charge in [0, 0.05) is 10.0 Å². The number of nitrogen functional groups attached to an aromatic ring is 1. The highest BCUT2D eigenvalue weighted by Crippen LogP contribution is 2.23. The van der Waals surface area contributed by atoms with Crippen LogP contribution >= 0.6 is 15.9 Å². The van der Waals surface area contributed by atoms with Crippen LogP contribution in [0.25, 0.3) is 0 Å². The van der Waals surface area contributed by atoms with Gasteiger partial charge in [-0.25, -0.2) is 9.42 Å². The average molecular weight is 429 g/mol. The summed E-state index contributed by atoms with van der Waals surface area (Å²) >= 11 is 3.36. The Hall–Kier alpha value is -3.53. The molecule has 3 rings (SSSR count). The number of nitrogens with two attached hydrogens (primary N) is 2. The maximum Gasteiger partial charge on any atom is 0.343 e. The zero-order chi connectivity index (χ0) is 19.2. The van der Waals surface area contributed by atoms with E-state index in [0.717, 1.165) is 4.47 Å². The van der Waals surface area contributed by atoms with Crippen LogP contribution in [-0.4, -0.2) is 28.3 Å². The fourth-order valence-electron chi connectivity index (χ4n) is 2.02. The van der Waals surface area contributed by atoms with Gasteiger partial charge in [0.2, 0.25) is 0 Å². The van der Waals surface area contributed by atoms with E-state index in [-0.39, 0.29) is 17.3 Å². The fourth-order valence-corrected chi connectivity index (χ4v) is 2.40. The second kappa shape index (κ2) is 8.23. The molecule has 0 fully saturated rings. The van der Waals surface area contributed by atoms with Gasteiger partial charge in [-0.15, -0.1) is 5.10 Å². The molecule has 4 N–H and O–H groups in total. The first-order valence-electron chi connectivity index (χ1n) is 7.56. The topological polar surface area (TPSA) is 142 Å². The molecule has 0 saturated carbocycles. The van der Waals surface area contributed by atoms with Crippen molar-refractivity contribution in [3.8, 4) is 5.75 Å². The van der Waals surface area contributed by atoms with Gasteiger partial charge in [0.05, 0.1) is 11.8 Å². The molecular formula is C17H13BrN6O3. The minimum Gasteiger partial charge on any atom is -0.422 e. The Bertz CT molecular complexity index is 1020. The molecular weight excluding hydrogens is 416 g/mol. The third kappa shape index (κ3) is 4.55. The van der Waals surface area contributed by atoms with E-state index < -0.39 is 5.97 Å². The van der Waals surface area contributed by atoms with Crippen molar-refractivity contribution in [1.82, 2.24) is 10.3 Å². The number of halogens is 1. The SMILES string of the molecule is N/C(=N\N=Cc1cc(Br)ccc1OC(=O)c1ccccc1)c1nonc1N. The molecule has 1 heterocycles. The molecule has 0 aliphatic rings. The molecule has 3 aromatic rings. The highest BCUT2D eigenvalue weighted by Gasteiger charge is 2.12. The molecule has 1 aromatic heterocycles. The quantitative estimate of drug-likeness (QED) is 0.208. The lowest BCUT2D eigenvalue weighted by Crippen LogP contribution is -2.15. The zero-order valence-electron chi connectivity index (χ0n) is 13.7. The van der Waals surface area contributed by atoms with Crippen molar-refractivity contribution in [1.29, 1.82) is 0 Å². The summed E-state index contributed by atoms with van der Waals surface area (Å²) in [7, 11) is 0. The third-order valence-electron chi connectivity index (χ3n) is 3.30. The third-order valence-corrected chi connectivity index (χ3v) is 3.80. The first-order valence-corrected chi connectivity index (χ1v) is 8.35. The predicted octanol–water partition coefficient (Wildman–Crippen LogP) is 2.37. The van der Waals surface area contributed by atoms with E-state index in [1.165, 1.54) is 6.21 Å². The van der Waals surface area contributed by atoms with Crippen molar-refractivity contribution < 1.29 is 14.2 Å². The summed E-state index contributed by atoms with van der Waals surface area (Å²) in [6.45, 7) is 0. The van der Waals surface area contributed by atoms with Crippen LogP contribution in [0.5, 0.6) is 5.75 Å². The second-order valence-corrected chi connectivity index (χ2v) is 6.08. The molecule has 0 bridgehead atoms. The summed E-state index contributed by atoms with van der Waals surface area (Å²) < 4.78 is 10.7. The van der Waals surface area contributed by atoms with Crippen LogP contribution in [0.2, 0.25) is 0 Å². The highest BCUT2D eigenvalue weighted by atomic mass is 79.9. The smallest absolute Gasteiger partial charge is 0.343 e. The Kier molecular flexibility index (Phi) is 5.57. The second-order valence-electron chi connectivity index (χ2n) is 5.17. The van der Waals surface area contributed by atoms with Gasteiger partial charge >= 0.3 is 5.97 Å². The minimum absolute atomic E-state index is 0.00591. The van der Waals surface area contributed by atoms with E-state index in [4.69, 9.17) is 16.2 Å². The molecule has 0 spiro atoms. The number of carbonyl (C=O) groups is 1. The van der Waals surface area contributed by atoms with Crippen molar-refractivity contribution in [3.63, 3.8) is 0 Å². The molecule has 0 saturated heterocycles. The molecule has 10 heteroatoms. The minimum atomic E-state index is -0.489. The average Bonchev–Trinajstić information content (AvgIpc) is 3.10. The van der Waals surface area contributed by atoms with Crippen molar-refractivity contribution in [2.24, 2.45) is 15.9 Å². The number of hydrogen-bond acceptors (Lipinski definition) is 8. The number of nitrogens with zero attached hydrogens (tertiary/aromatic N) is 4. The molecule has 27 heavy (non-hydrogen) atoms. The highest BCUT2D eigenvalue weighted by molar-refractivity contribution is 9.10. The summed E-state index contributed by atoms with van der Waals surface area (Å²) in [5.74, 6) is -0.238. The van der Waals surface area contributed by atoms with Gasteiger partial charge in [-0.3, -0.25) is 0 Å². The van der Waals surface area contributed by atoms with Crippen LogP contribution < -0.4 is 16.2 Å². The van der Waals surface area contributed by atoms with Gasteiger partial charge < -0.3 is 16.2 Å². The number of rotatable bonds is 5. The van der Waals surface area contributed by atoms with E-state index in [2.05, 4.69) is 41.1 Å². The summed E-state index contributed by atoms with van der Waals surface area (Å²) in [6.07, 6.45) is 1.38. The number of carbonyl (C=O) groups excluding carboxylic acids is 1. The molecule has 0 aliphatic heterocycles. The Morgan fingerprint density at radius 2 is 1.96 bits per heavy atom. The molecule has 0 radical (unpaired) electrons. The summed E-state index contributed by atoms with van der Waals surface area (Å²) in [5.41, 5.74) is 12.3. The van der Waals surface area contributed by atoms with Gasteiger partial charge in [0.15, 0.2) is 17.3 Å². The van der Waals surface area contributed by atoms with Crippen molar-refractivity contribution in [2.75, 3.05) is 5.73 Å². The van der Waals surface area contributed by atoms with Crippen LogP contribution in [0.15, 0.2) is 67.8 Å². The van der Waals surface area contributed by atoms with Gasteiger partial charge in [-0.05, 0) is 40.6 Å². The van der Waals surface area contributed by atoms with Gasteiger partial charge in [-0.2, -0.15) is 5.10 Å². The van der Waals surface area contributed by atoms with E-state index in [9.17, 15) is 4.79 Å². The Labute approximate surface area is 161 Å². The van der Waals surface area contributed by atoms with Crippen molar-refractivity contribution in [2.45, 2.75) is 0 Å². The van der Waals surface area contributed by atoms with E-state index >= 15 is 0 Å². The Balaban J connectivity index is 1.82. The number of anilines is 1. The molecule has 9 nitrogen and oxygen atoms in total. The number of ether oxygens (including phenoxy) is 1. The fraction of sp³-hybridized carbons (Fsp3) is 0. The Morgan fingerprint density at radius 1 is 1.19 bits per heavy atom. The van der Waals surface area contributed by atoms with Crippen LogP contribution in [0, 0.1) is 0 Å². The summed E-state index contributed by atoms with van der Waals surface area (Å²) in [4.78, 5) is 12.3. The first-order chi connectivity index (χ1) is 13.0. The van der Waals surface area contributed by atoms with Crippen molar-refractivity contribution in [3.05, 3.63) is 69.8 Å². The molecule has 136 valence electrons.